The van der Waals surface area contributed by atoms with Crippen molar-refractivity contribution in [1.29, 1.82) is 0 Å². The van der Waals surface area contributed by atoms with Crippen LogP contribution in [0.15, 0.2) is 0 Å². The Bertz CT molecular complexity index is 191. The Balaban J connectivity index is 2.45. The highest BCUT2D eigenvalue weighted by Gasteiger charge is 2.26. The van der Waals surface area contributed by atoms with Crippen molar-refractivity contribution in [1.82, 2.24) is 10.2 Å². The molecule has 1 aliphatic rings. The topological polar surface area (TPSA) is 41.6 Å². The van der Waals surface area contributed by atoms with Crippen LogP contribution in [0.3, 0.4) is 0 Å². The largest absolute Gasteiger partial charge is 0.469 e. The van der Waals surface area contributed by atoms with Crippen molar-refractivity contribution in [2.45, 2.75) is 19.9 Å². The van der Waals surface area contributed by atoms with E-state index in [2.05, 4.69) is 17.1 Å². The molecule has 0 radical (unpaired) electrons. The molecule has 1 fully saturated rings. The first kappa shape index (κ1) is 11.5. The van der Waals surface area contributed by atoms with Crippen LogP contribution in [-0.4, -0.2) is 50.2 Å². The van der Waals surface area contributed by atoms with Gasteiger partial charge < -0.3 is 10.1 Å². The average Bonchev–Trinajstić information content (AvgIpc) is 2.27. The zero-order chi connectivity index (χ0) is 10.6. The van der Waals surface area contributed by atoms with Crippen molar-refractivity contribution >= 4 is 5.97 Å². The Morgan fingerprint density at radius 2 is 1.93 bits per heavy atom. The van der Waals surface area contributed by atoms with Crippen molar-refractivity contribution < 1.29 is 9.53 Å². The fourth-order valence-electron chi connectivity index (χ4n) is 1.79. The molecule has 1 rings (SSSR count). The van der Waals surface area contributed by atoms with Crippen LogP contribution in [0.1, 0.15) is 13.8 Å². The molecule has 0 spiro atoms. The van der Waals surface area contributed by atoms with Gasteiger partial charge in [-0.2, -0.15) is 0 Å². The van der Waals surface area contributed by atoms with E-state index >= 15 is 0 Å². The van der Waals surface area contributed by atoms with Crippen LogP contribution in [0.2, 0.25) is 0 Å². The predicted molar refractivity (Wildman–Crippen MR) is 55.1 cm³/mol. The first-order valence-electron chi connectivity index (χ1n) is 5.19. The third-order valence-electron chi connectivity index (χ3n) is 3.02. The van der Waals surface area contributed by atoms with E-state index in [1.807, 2.05) is 6.92 Å². The monoisotopic (exact) mass is 200 g/mol. The third kappa shape index (κ3) is 2.69. The minimum absolute atomic E-state index is 0.0434. The number of nitrogens with zero attached hydrogens (tertiary/aromatic N) is 1. The summed E-state index contributed by atoms with van der Waals surface area (Å²) in [4.78, 5) is 13.7. The Labute approximate surface area is 85.6 Å². The Morgan fingerprint density at radius 1 is 1.36 bits per heavy atom. The number of nitrogens with one attached hydrogen (secondary N) is 1. The number of carbonyl (C=O) groups excluding carboxylic acids is 1. The predicted octanol–water partition coefficient (Wildman–Crippen LogP) is 0.0892. The Kier molecular flexibility index (Phi) is 4.35. The normalized spacial score (nSPS) is 22.8. The van der Waals surface area contributed by atoms with E-state index in [1.165, 1.54) is 7.11 Å². The molecule has 0 aliphatic carbocycles. The van der Waals surface area contributed by atoms with Crippen LogP contribution >= 0.6 is 0 Å². The Morgan fingerprint density at radius 3 is 2.43 bits per heavy atom. The molecular weight excluding hydrogens is 180 g/mol. The number of ether oxygens (including phenoxy) is 1. The van der Waals surface area contributed by atoms with Crippen molar-refractivity contribution in [3.05, 3.63) is 0 Å². The van der Waals surface area contributed by atoms with E-state index in [-0.39, 0.29) is 17.9 Å². The van der Waals surface area contributed by atoms with E-state index in [0.29, 0.717) is 0 Å². The van der Waals surface area contributed by atoms with Gasteiger partial charge in [-0.3, -0.25) is 9.69 Å². The molecule has 4 heteroatoms. The van der Waals surface area contributed by atoms with Gasteiger partial charge in [-0.25, -0.2) is 0 Å². The number of hydrogen-bond donors (Lipinski definition) is 1. The summed E-state index contributed by atoms with van der Waals surface area (Å²) in [5.41, 5.74) is 0. The highest BCUT2D eigenvalue weighted by molar-refractivity contribution is 5.72. The average molecular weight is 200 g/mol. The molecule has 1 N–H and O–H groups in total. The van der Waals surface area contributed by atoms with Crippen LogP contribution in [0.4, 0.5) is 0 Å². The maximum Gasteiger partial charge on any atom is 0.309 e. The van der Waals surface area contributed by atoms with Gasteiger partial charge in [0.25, 0.3) is 0 Å². The zero-order valence-electron chi connectivity index (χ0n) is 9.25. The van der Waals surface area contributed by atoms with Gasteiger partial charge in [-0.15, -0.1) is 0 Å². The van der Waals surface area contributed by atoms with Gasteiger partial charge in [0.05, 0.1) is 13.0 Å². The van der Waals surface area contributed by atoms with E-state index in [0.717, 1.165) is 26.2 Å². The van der Waals surface area contributed by atoms with Gasteiger partial charge >= 0.3 is 5.97 Å². The van der Waals surface area contributed by atoms with Crippen LogP contribution in [0, 0.1) is 5.92 Å². The molecule has 0 aromatic heterocycles. The quantitative estimate of drug-likeness (QED) is 0.656. The van der Waals surface area contributed by atoms with Crippen molar-refractivity contribution in [2.24, 2.45) is 5.92 Å². The number of hydrogen-bond acceptors (Lipinski definition) is 4. The number of carbonyl (C=O) groups is 1. The number of methoxy groups -OCH3 is 1. The van der Waals surface area contributed by atoms with Crippen LogP contribution in [-0.2, 0) is 9.53 Å². The Hall–Kier alpha value is -0.610. The highest BCUT2D eigenvalue weighted by atomic mass is 16.5. The lowest BCUT2D eigenvalue weighted by molar-refractivity contribution is -0.147. The molecule has 1 saturated heterocycles. The summed E-state index contributed by atoms with van der Waals surface area (Å²) < 4.78 is 4.74. The number of rotatable bonds is 3. The van der Waals surface area contributed by atoms with Crippen molar-refractivity contribution in [3.63, 3.8) is 0 Å². The molecule has 4 nitrogen and oxygen atoms in total. The lowest BCUT2D eigenvalue weighted by Crippen LogP contribution is -2.50. The van der Waals surface area contributed by atoms with Gasteiger partial charge in [0.1, 0.15) is 0 Å². The van der Waals surface area contributed by atoms with Crippen LogP contribution in [0.5, 0.6) is 0 Å². The molecule has 0 aromatic rings. The second-order valence-electron chi connectivity index (χ2n) is 3.84. The molecule has 0 bridgehead atoms. The summed E-state index contributed by atoms with van der Waals surface area (Å²) in [6.07, 6.45) is 0. The SMILES string of the molecule is COC(=O)C(C)C(C)N1CCNCC1. The molecule has 0 saturated carbocycles. The summed E-state index contributed by atoms with van der Waals surface area (Å²) >= 11 is 0. The van der Waals surface area contributed by atoms with Gasteiger partial charge in [0.15, 0.2) is 0 Å². The molecule has 14 heavy (non-hydrogen) atoms. The van der Waals surface area contributed by atoms with Crippen molar-refractivity contribution in [3.8, 4) is 0 Å². The zero-order valence-corrected chi connectivity index (χ0v) is 9.25. The fraction of sp³-hybridized carbons (Fsp3) is 0.900. The highest BCUT2D eigenvalue weighted by Crippen LogP contribution is 2.12. The van der Waals surface area contributed by atoms with Crippen LogP contribution < -0.4 is 5.32 Å². The minimum Gasteiger partial charge on any atom is -0.469 e. The molecule has 82 valence electrons. The molecule has 2 unspecified atom stereocenters. The summed E-state index contributed by atoms with van der Waals surface area (Å²) in [5, 5.41) is 3.29. The van der Waals surface area contributed by atoms with Gasteiger partial charge in [-0.1, -0.05) is 6.92 Å². The van der Waals surface area contributed by atoms with E-state index < -0.39 is 0 Å². The molecule has 1 heterocycles. The van der Waals surface area contributed by atoms with E-state index in [4.69, 9.17) is 4.74 Å². The number of esters is 1. The maximum atomic E-state index is 11.3. The van der Waals surface area contributed by atoms with E-state index in [1.54, 1.807) is 0 Å². The minimum atomic E-state index is -0.115. The van der Waals surface area contributed by atoms with Gasteiger partial charge in [0, 0.05) is 32.2 Å². The maximum absolute atomic E-state index is 11.3. The summed E-state index contributed by atoms with van der Waals surface area (Å²) in [6.45, 7) is 8.08. The van der Waals surface area contributed by atoms with Crippen LogP contribution in [0.25, 0.3) is 0 Å². The number of piperazine rings is 1. The smallest absolute Gasteiger partial charge is 0.309 e. The second kappa shape index (κ2) is 5.32. The lowest BCUT2D eigenvalue weighted by Gasteiger charge is -2.35. The molecule has 0 amide bonds. The summed E-state index contributed by atoms with van der Waals surface area (Å²) in [6, 6.07) is 0.268. The van der Waals surface area contributed by atoms with Gasteiger partial charge in [0.2, 0.25) is 0 Å². The third-order valence-corrected chi connectivity index (χ3v) is 3.02. The van der Waals surface area contributed by atoms with Crippen molar-refractivity contribution in [2.75, 3.05) is 33.3 Å². The molecule has 1 aliphatic heterocycles. The first-order valence-corrected chi connectivity index (χ1v) is 5.19. The molecule has 2 atom stereocenters. The molecular formula is C10H20N2O2. The summed E-state index contributed by atoms with van der Waals surface area (Å²) in [5.74, 6) is -0.158. The first-order chi connectivity index (χ1) is 6.66. The summed E-state index contributed by atoms with van der Waals surface area (Å²) in [7, 11) is 1.45. The van der Waals surface area contributed by atoms with Gasteiger partial charge in [-0.05, 0) is 6.92 Å². The van der Waals surface area contributed by atoms with E-state index in [9.17, 15) is 4.79 Å². The lowest BCUT2D eigenvalue weighted by atomic mass is 10.0. The molecule has 0 aromatic carbocycles. The fourth-order valence-corrected chi connectivity index (χ4v) is 1.79. The second-order valence-corrected chi connectivity index (χ2v) is 3.84. The standard InChI is InChI=1S/C10H20N2O2/c1-8(10(13)14-3)9(2)12-6-4-11-5-7-12/h8-9,11H,4-7H2,1-3H3.